The van der Waals surface area contributed by atoms with Crippen LogP contribution in [0.2, 0.25) is 0 Å². The highest BCUT2D eigenvalue weighted by atomic mass is 16.4. The van der Waals surface area contributed by atoms with Crippen molar-refractivity contribution in [3.63, 3.8) is 0 Å². The van der Waals surface area contributed by atoms with Gasteiger partial charge in [0.2, 0.25) is 0 Å². The molecular formula is C14H24N4O3. The summed E-state index contributed by atoms with van der Waals surface area (Å²) in [6.07, 6.45) is -0.0633. The third kappa shape index (κ3) is 4.21. The van der Waals surface area contributed by atoms with Gasteiger partial charge in [0.15, 0.2) is 0 Å². The van der Waals surface area contributed by atoms with Gasteiger partial charge in [0.05, 0.1) is 12.1 Å². The highest BCUT2D eigenvalue weighted by Crippen LogP contribution is 2.12. The molecule has 1 rings (SSSR count). The molecule has 7 nitrogen and oxygen atoms in total. The number of amides is 2. The van der Waals surface area contributed by atoms with Crippen LogP contribution in [-0.2, 0) is 18.4 Å². The number of nitrogens with one attached hydrogen (secondary N) is 1. The van der Waals surface area contributed by atoms with E-state index in [0.717, 1.165) is 17.0 Å². The second-order valence-electron chi connectivity index (χ2n) is 5.16. The third-order valence-electron chi connectivity index (χ3n) is 3.68. The Hall–Kier alpha value is -2.05. The monoisotopic (exact) mass is 296 g/mol. The first-order valence-corrected chi connectivity index (χ1v) is 7.03. The van der Waals surface area contributed by atoms with Gasteiger partial charge in [-0.15, -0.1) is 0 Å². The van der Waals surface area contributed by atoms with Crippen LogP contribution >= 0.6 is 0 Å². The number of aryl methyl sites for hydroxylation is 2. The van der Waals surface area contributed by atoms with E-state index in [9.17, 15) is 9.59 Å². The van der Waals surface area contributed by atoms with E-state index in [1.807, 2.05) is 27.8 Å². The van der Waals surface area contributed by atoms with E-state index in [0.29, 0.717) is 13.1 Å². The lowest BCUT2D eigenvalue weighted by Crippen LogP contribution is -2.45. The molecule has 0 radical (unpaired) electrons. The predicted molar refractivity (Wildman–Crippen MR) is 79.0 cm³/mol. The van der Waals surface area contributed by atoms with Crippen molar-refractivity contribution < 1.29 is 14.7 Å². The highest BCUT2D eigenvalue weighted by Gasteiger charge is 2.21. The van der Waals surface area contributed by atoms with Crippen molar-refractivity contribution in [2.45, 2.75) is 46.7 Å². The number of aliphatic carboxylic acids is 1. The number of rotatable bonds is 6. The van der Waals surface area contributed by atoms with Gasteiger partial charge in [-0.05, 0) is 27.7 Å². The first-order chi connectivity index (χ1) is 9.77. The summed E-state index contributed by atoms with van der Waals surface area (Å²) in [4.78, 5) is 24.5. The Kier molecular flexibility index (Phi) is 5.75. The highest BCUT2D eigenvalue weighted by molar-refractivity contribution is 5.76. The van der Waals surface area contributed by atoms with Crippen molar-refractivity contribution in [1.82, 2.24) is 20.0 Å². The zero-order chi connectivity index (χ0) is 16.2. The summed E-state index contributed by atoms with van der Waals surface area (Å²) in [7, 11) is 1.86. The Morgan fingerprint density at radius 3 is 2.48 bits per heavy atom. The first-order valence-electron chi connectivity index (χ1n) is 7.03. The van der Waals surface area contributed by atoms with Crippen molar-refractivity contribution >= 4 is 12.0 Å². The number of hydrogen-bond acceptors (Lipinski definition) is 3. The van der Waals surface area contributed by atoms with Crippen LogP contribution < -0.4 is 5.32 Å². The van der Waals surface area contributed by atoms with Crippen LogP contribution in [0.1, 0.15) is 37.2 Å². The molecule has 1 heterocycles. The van der Waals surface area contributed by atoms with Gasteiger partial charge < -0.3 is 15.3 Å². The summed E-state index contributed by atoms with van der Waals surface area (Å²) in [6.45, 7) is 8.27. The van der Waals surface area contributed by atoms with E-state index < -0.39 is 5.97 Å². The van der Waals surface area contributed by atoms with Crippen LogP contribution in [0, 0.1) is 13.8 Å². The van der Waals surface area contributed by atoms with E-state index in [1.165, 1.54) is 4.90 Å². The molecule has 0 fully saturated rings. The van der Waals surface area contributed by atoms with Crippen LogP contribution in [0.25, 0.3) is 0 Å². The number of nitrogens with zero attached hydrogens (tertiary/aromatic N) is 3. The minimum absolute atomic E-state index is 0.0633. The minimum atomic E-state index is -0.910. The molecule has 7 heteroatoms. The maximum Gasteiger partial charge on any atom is 0.317 e. The van der Waals surface area contributed by atoms with Crippen molar-refractivity contribution in [2.24, 2.45) is 7.05 Å². The van der Waals surface area contributed by atoms with Crippen LogP contribution in [0.15, 0.2) is 0 Å². The lowest BCUT2D eigenvalue weighted by molar-refractivity contribution is -0.138. The van der Waals surface area contributed by atoms with E-state index in [1.54, 1.807) is 11.6 Å². The van der Waals surface area contributed by atoms with Gasteiger partial charge in [-0.25, -0.2) is 4.79 Å². The molecule has 2 N–H and O–H groups in total. The van der Waals surface area contributed by atoms with Gasteiger partial charge in [-0.3, -0.25) is 9.48 Å². The molecule has 1 aromatic rings. The average molecular weight is 296 g/mol. The number of urea groups is 1. The summed E-state index contributed by atoms with van der Waals surface area (Å²) in [5.41, 5.74) is 2.89. The molecule has 0 aliphatic rings. The second kappa shape index (κ2) is 7.10. The zero-order valence-corrected chi connectivity index (χ0v) is 13.3. The molecule has 0 spiro atoms. The van der Waals surface area contributed by atoms with E-state index in [4.69, 9.17) is 5.11 Å². The van der Waals surface area contributed by atoms with Crippen LogP contribution in [0.4, 0.5) is 4.79 Å². The topological polar surface area (TPSA) is 87.5 Å². The molecule has 0 aliphatic heterocycles. The zero-order valence-electron chi connectivity index (χ0n) is 13.3. The average Bonchev–Trinajstić information content (AvgIpc) is 2.61. The van der Waals surface area contributed by atoms with Gasteiger partial charge in [0, 0.05) is 37.4 Å². The largest absolute Gasteiger partial charge is 0.481 e. The Balaban J connectivity index is 2.68. The maximum absolute atomic E-state index is 12.2. The first kappa shape index (κ1) is 17.0. The SMILES string of the molecule is CCN(C(=O)NCc1c(C)nn(C)c1C)C(C)CC(=O)O. The smallest absolute Gasteiger partial charge is 0.317 e. The normalized spacial score (nSPS) is 12.0. The molecule has 1 atom stereocenters. The second-order valence-corrected chi connectivity index (χ2v) is 5.16. The summed E-state index contributed by atoms with van der Waals surface area (Å²) < 4.78 is 1.78. The molecule has 0 saturated heterocycles. The van der Waals surface area contributed by atoms with Crippen molar-refractivity contribution in [3.8, 4) is 0 Å². The summed E-state index contributed by atoms with van der Waals surface area (Å²) in [5, 5.41) is 16.0. The van der Waals surface area contributed by atoms with Crippen LogP contribution in [0.3, 0.4) is 0 Å². The van der Waals surface area contributed by atoms with Crippen LogP contribution in [-0.4, -0.2) is 44.4 Å². The lowest BCUT2D eigenvalue weighted by atomic mass is 10.2. The number of aromatic nitrogens is 2. The summed E-state index contributed by atoms with van der Waals surface area (Å²) in [6, 6.07) is -0.600. The Morgan fingerprint density at radius 2 is 2.05 bits per heavy atom. The molecule has 0 bridgehead atoms. The molecule has 118 valence electrons. The quantitative estimate of drug-likeness (QED) is 0.831. The maximum atomic E-state index is 12.2. The fourth-order valence-corrected chi connectivity index (χ4v) is 2.36. The van der Waals surface area contributed by atoms with Gasteiger partial charge in [-0.1, -0.05) is 0 Å². The molecule has 0 saturated carbocycles. The molecule has 21 heavy (non-hydrogen) atoms. The minimum Gasteiger partial charge on any atom is -0.481 e. The number of hydrogen-bond donors (Lipinski definition) is 2. The van der Waals surface area contributed by atoms with E-state index >= 15 is 0 Å². The van der Waals surface area contributed by atoms with E-state index in [-0.39, 0.29) is 18.5 Å². The van der Waals surface area contributed by atoms with Gasteiger partial charge in [0.25, 0.3) is 0 Å². The summed E-state index contributed by atoms with van der Waals surface area (Å²) in [5.74, 6) is -0.910. The van der Waals surface area contributed by atoms with Crippen molar-refractivity contribution in [3.05, 3.63) is 17.0 Å². The number of carboxylic acids is 1. The van der Waals surface area contributed by atoms with Crippen molar-refractivity contribution in [2.75, 3.05) is 6.54 Å². The lowest BCUT2D eigenvalue weighted by Gasteiger charge is -2.27. The van der Waals surface area contributed by atoms with Gasteiger partial charge in [-0.2, -0.15) is 5.10 Å². The Bertz CT molecular complexity index is 525. The molecule has 1 aromatic heterocycles. The molecule has 2 amide bonds. The number of carbonyl (C=O) groups excluding carboxylic acids is 1. The molecular weight excluding hydrogens is 272 g/mol. The molecule has 0 aliphatic carbocycles. The fraction of sp³-hybridized carbons (Fsp3) is 0.643. The Labute approximate surface area is 124 Å². The van der Waals surface area contributed by atoms with Crippen molar-refractivity contribution in [1.29, 1.82) is 0 Å². The molecule has 0 aromatic carbocycles. The van der Waals surface area contributed by atoms with Gasteiger partial charge >= 0.3 is 12.0 Å². The van der Waals surface area contributed by atoms with E-state index in [2.05, 4.69) is 10.4 Å². The Morgan fingerprint density at radius 1 is 1.43 bits per heavy atom. The fourth-order valence-electron chi connectivity index (χ4n) is 2.36. The third-order valence-corrected chi connectivity index (χ3v) is 3.68. The predicted octanol–water partition coefficient (Wildman–Crippen LogP) is 1.43. The standard InChI is InChI=1S/C14H24N4O3/c1-6-18(9(2)7-13(19)20)14(21)15-8-12-10(3)16-17(5)11(12)4/h9H,6-8H2,1-5H3,(H,15,21)(H,19,20). The molecule has 1 unspecified atom stereocenters. The summed E-state index contributed by atoms with van der Waals surface area (Å²) >= 11 is 0. The number of carbonyl (C=O) groups is 2. The number of carboxylic acid groups (broad SMARTS) is 1. The van der Waals surface area contributed by atoms with Crippen LogP contribution in [0.5, 0.6) is 0 Å². The van der Waals surface area contributed by atoms with Gasteiger partial charge in [0.1, 0.15) is 0 Å².